The zero-order valence-electron chi connectivity index (χ0n) is 10.7. The van der Waals surface area contributed by atoms with Crippen molar-refractivity contribution >= 4 is 0 Å². The van der Waals surface area contributed by atoms with Crippen molar-refractivity contribution in [3.63, 3.8) is 0 Å². The molecule has 0 saturated heterocycles. The van der Waals surface area contributed by atoms with E-state index in [-0.39, 0.29) is 11.9 Å². The Morgan fingerprint density at radius 2 is 1.94 bits per heavy atom. The fraction of sp³-hybridized carbons (Fsp3) is 0.333. The van der Waals surface area contributed by atoms with Crippen molar-refractivity contribution in [3.8, 4) is 0 Å². The Kier molecular flexibility index (Phi) is 4.15. The molecule has 18 heavy (non-hydrogen) atoms. The van der Waals surface area contributed by atoms with E-state index in [1.54, 1.807) is 12.3 Å². The van der Waals surface area contributed by atoms with Gasteiger partial charge < -0.3 is 9.73 Å². The lowest BCUT2D eigenvalue weighted by Crippen LogP contribution is -2.23. The van der Waals surface area contributed by atoms with Gasteiger partial charge >= 0.3 is 0 Å². The van der Waals surface area contributed by atoms with E-state index in [1.165, 1.54) is 6.07 Å². The lowest BCUT2D eigenvalue weighted by Gasteiger charge is -2.19. The van der Waals surface area contributed by atoms with Crippen molar-refractivity contribution < 1.29 is 8.81 Å². The maximum absolute atomic E-state index is 13.9. The predicted molar refractivity (Wildman–Crippen MR) is 70.0 cm³/mol. The maximum atomic E-state index is 13.9. The minimum absolute atomic E-state index is 0.148. The molecule has 0 amide bonds. The summed E-state index contributed by atoms with van der Waals surface area (Å²) in [6.45, 7) is 4.82. The summed E-state index contributed by atoms with van der Waals surface area (Å²) >= 11 is 0. The number of aryl methyl sites for hydroxylation is 1. The molecule has 1 N–H and O–H groups in total. The molecule has 3 heteroatoms. The first-order chi connectivity index (χ1) is 8.77. The zero-order valence-corrected chi connectivity index (χ0v) is 10.7. The molecule has 1 aromatic carbocycles. The van der Waals surface area contributed by atoms with Crippen molar-refractivity contribution in [1.29, 1.82) is 0 Å². The van der Waals surface area contributed by atoms with Gasteiger partial charge in [-0.3, -0.25) is 0 Å². The smallest absolute Gasteiger partial charge is 0.128 e. The van der Waals surface area contributed by atoms with Crippen LogP contribution in [0.1, 0.15) is 36.8 Å². The van der Waals surface area contributed by atoms with Crippen LogP contribution in [0.4, 0.5) is 4.39 Å². The summed E-state index contributed by atoms with van der Waals surface area (Å²) in [5.74, 6) is 0.718. The van der Waals surface area contributed by atoms with Gasteiger partial charge in [-0.05, 0) is 18.7 Å². The highest BCUT2D eigenvalue weighted by molar-refractivity contribution is 5.34. The Labute approximate surface area is 107 Å². The summed E-state index contributed by atoms with van der Waals surface area (Å²) in [7, 11) is 0. The highest BCUT2D eigenvalue weighted by Crippen LogP contribution is 2.28. The van der Waals surface area contributed by atoms with E-state index < -0.39 is 0 Å². The average molecular weight is 247 g/mol. The number of furan rings is 1. The summed E-state index contributed by atoms with van der Waals surface area (Å²) in [5, 5.41) is 3.32. The van der Waals surface area contributed by atoms with Gasteiger partial charge in [0.25, 0.3) is 0 Å². The molecule has 0 aliphatic rings. The molecule has 0 aliphatic heterocycles. The Morgan fingerprint density at radius 1 is 1.17 bits per heavy atom. The predicted octanol–water partition coefficient (Wildman–Crippen LogP) is 3.68. The van der Waals surface area contributed by atoms with Crippen molar-refractivity contribution in [2.75, 3.05) is 6.54 Å². The van der Waals surface area contributed by atoms with Crippen LogP contribution in [0, 0.1) is 5.82 Å². The molecule has 1 heterocycles. The first-order valence-electron chi connectivity index (χ1n) is 6.32. The summed E-state index contributed by atoms with van der Waals surface area (Å²) in [6, 6.07) is 8.63. The molecule has 0 spiro atoms. The normalized spacial score (nSPS) is 12.6. The Morgan fingerprint density at radius 3 is 2.61 bits per heavy atom. The summed E-state index contributed by atoms with van der Waals surface area (Å²) < 4.78 is 19.4. The van der Waals surface area contributed by atoms with Crippen molar-refractivity contribution in [1.82, 2.24) is 5.32 Å². The largest absolute Gasteiger partial charge is 0.469 e. The molecule has 1 atom stereocenters. The molecule has 0 bridgehead atoms. The standard InChI is InChI=1S/C15H18FNO/c1-3-14-12(9-10-18-14)15(17-4-2)11-7-5-6-8-13(11)16/h5-10,15,17H,3-4H2,1-2H3. The second kappa shape index (κ2) is 5.83. The fourth-order valence-corrected chi connectivity index (χ4v) is 2.20. The first kappa shape index (κ1) is 12.8. The molecule has 1 unspecified atom stereocenters. The van der Waals surface area contributed by atoms with Crippen molar-refractivity contribution in [2.24, 2.45) is 0 Å². The van der Waals surface area contributed by atoms with E-state index in [9.17, 15) is 4.39 Å². The van der Waals surface area contributed by atoms with E-state index in [4.69, 9.17) is 4.42 Å². The average Bonchev–Trinajstić information content (AvgIpc) is 2.85. The van der Waals surface area contributed by atoms with Gasteiger partial charge in [-0.25, -0.2) is 4.39 Å². The second-order valence-electron chi connectivity index (χ2n) is 4.16. The number of halogens is 1. The topological polar surface area (TPSA) is 25.2 Å². The molecule has 2 rings (SSSR count). The Balaban J connectivity index is 2.43. The minimum atomic E-state index is -0.188. The number of hydrogen-bond donors (Lipinski definition) is 1. The van der Waals surface area contributed by atoms with Crippen LogP contribution in [0.25, 0.3) is 0 Å². The lowest BCUT2D eigenvalue weighted by molar-refractivity contribution is 0.497. The van der Waals surface area contributed by atoms with Crippen LogP contribution < -0.4 is 5.32 Å². The van der Waals surface area contributed by atoms with Crippen LogP contribution in [0.3, 0.4) is 0 Å². The van der Waals surface area contributed by atoms with E-state index >= 15 is 0 Å². The Hall–Kier alpha value is -1.61. The minimum Gasteiger partial charge on any atom is -0.469 e. The Bertz CT molecular complexity index is 507. The quantitative estimate of drug-likeness (QED) is 0.872. The molecule has 0 saturated carbocycles. The first-order valence-corrected chi connectivity index (χ1v) is 6.32. The molecule has 2 aromatic rings. The van der Waals surface area contributed by atoms with Crippen LogP contribution in [-0.2, 0) is 6.42 Å². The van der Waals surface area contributed by atoms with E-state index in [2.05, 4.69) is 5.32 Å². The molecule has 1 aromatic heterocycles. The fourth-order valence-electron chi connectivity index (χ4n) is 2.20. The number of hydrogen-bond acceptors (Lipinski definition) is 2. The molecule has 0 radical (unpaired) electrons. The molecule has 0 fully saturated rings. The monoisotopic (exact) mass is 247 g/mol. The van der Waals surface area contributed by atoms with Gasteiger partial charge in [0.1, 0.15) is 11.6 Å². The highest BCUT2D eigenvalue weighted by atomic mass is 19.1. The van der Waals surface area contributed by atoms with Gasteiger partial charge in [-0.2, -0.15) is 0 Å². The van der Waals surface area contributed by atoms with Crippen LogP contribution in [-0.4, -0.2) is 6.54 Å². The van der Waals surface area contributed by atoms with Crippen LogP contribution >= 0.6 is 0 Å². The van der Waals surface area contributed by atoms with Gasteiger partial charge in [0, 0.05) is 17.5 Å². The van der Waals surface area contributed by atoms with Gasteiger partial charge in [0.05, 0.1) is 12.3 Å². The van der Waals surface area contributed by atoms with Crippen molar-refractivity contribution in [2.45, 2.75) is 26.3 Å². The molecule has 0 aliphatic carbocycles. The van der Waals surface area contributed by atoms with Crippen LogP contribution in [0.15, 0.2) is 41.0 Å². The third-order valence-electron chi connectivity index (χ3n) is 3.04. The van der Waals surface area contributed by atoms with Crippen molar-refractivity contribution in [3.05, 3.63) is 59.3 Å². The van der Waals surface area contributed by atoms with Gasteiger partial charge in [0.2, 0.25) is 0 Å². The molecular weight excluding hydrogens is 229 g/mol. The molecule has 96 valence electrons. The molecular formula is C15H18FNO. The third kappa shape index (κ3) is 2.46. The summed E-state index contributed by atoms with van der Waals surface area (Å²) in [4.78, 5) is 0. The number of nitrogens with one attached hydrogen (secondary N) is 1. The van der Waals surface area contributed by atoms with Crippen LogP contribution in [0.2, 0.25) is 0 Å². The van der Waals surface area contributed by atoms with E-state index in [1.807, 2.05) is 32.0 Å². The lowest BCUT2D eigenvalue weighted by atomic mass is 9.97. The van der Waals surface area contributed by atoms with Crippen LogP contribution in [0.5, 0.6) is 0 Å². The second-order valence-corrected chi connectivity index (χ2v) is 4.16. The van der Waals surface area contributed by atoms with Gasteiger partial charge in [-0.15, -0.1) is 0 Å². The molecule has 2 nitrogen and oxygen atoms in total. The van der Waals surface area contributed by atoms with Gasteiger partial charge in [-0.1, -0.05) is 32.0 Å². The number of benzene rings is 1. The highest BCUT2D eigenvalue weighted by Gasteiger charge is 2.20. The van der Waals surface area contributed by atoms with E-state index in [0.717, 1.165) is 24.3 Å². The third-order valence-corrected chi connectivity index (χ3v) is 3.04. The summed E-state index contributed by atoms with van der Waals surface area (Å²) in [5.41, 5.74) is 1.68. The zero-order chi connectivity index (χ0) is 13.0. The summed E-state index contributed by atoms with van der Waals surface area (Å²) in [6.07, 6.45) is 2.47. The van der Waals surface area contributed by atoms with E-state index in [0.29, 0.717) is 5.56 Å². The number of rotatable bonds is 5. The van der Waals surface area contributed by atoms with Gasteiger partial charge in [0.15, 0.2) is 0 Å². The maximum Gasteiger partial charge on any atom is 0.128 e. The SMILES string of the molecule is CCNC(c1ccccc1F)c1ccoc1CC.